The minimum atomic E-state index is -3.69. The number of sulfonamides is 1. The van der Waals surface area contributed by atoms with E-state index in [1.807, 2.05) is 6.92 Å². The number of piperidine rings is 1. The van der Waals surface area contributed by atoms with Gasteiger partial charge in [0.1, 0.15) is 11.8 Å². The molecule has 1 aromatic rings. The Morgan fingerprint density at radius 2 is 1.96 bits per heavy atom. The number of carbonyl (C=O) groups is 2. The molecule has 2 N–H and O–H groups in total. The number of nitrogens with zero attached hydrogens (tertiary/aromatic N) is 1. The summed E-state index contributed by atoms with van der Waals surface area (Å²) in [5, 5.41) is 5.43. The highest BCUT2D eigenvalue weighted by molar-refractivity contribution is 7.89. The molecular formula is C19H29N3O5S. The van der Waals surface area contributed by atoms with Crippen LogP contribution >= 0.6 is 0 Å². The molecule has 156 valence electrons. The Hall–Kier alpha value is -2.13. The van der Waals surface area contributed by atoms with Crippen molar-refractivity contribution in [2.75, 3.05) is 26.7 Å². The fourth-order valence-electron chi connectivity index (χ4n) is 3.07. The standard InChI is InChI=1S/C19H29N3O5S/c1-4-11-20-18(23)14(2)21-19(24)15-6-5-12-22(13-15)28(25,26)17-9-7-16(27-3)8-10-17/h7-10,14-15H,4-6,11-13H2,1-3H3,(H,20,23)(H,21,24)/t14-,15-/m0/s1. The van der Waals surface area contributed by atoms with Crippen molar-refractivity contribution in [3.63, 3.8) is 0 Å². The van der Waals surface area contributed by atoms with Crippen LogP contribution in [0, 0.1) is 5.92 Å². The van der Waals surface area contributed by atoms with Crippen molar-refractivity contribution >= 4 is 21.8 Å². The van der Waals surface area contributed by atoms with Gasteiger partial charge in [0.15, 0.2) is 0 Å². The highest BCUT2D eigenvalue weighted by Gasteiger charge is 2.34. The zero-order valence-electron chi connectivity index (χ0n) is 16.6. The summed E-state index contributed by atoms with van der Waals surface area (Å²) in [7, 11) is -2.18. The molecule has 1 aliphatic heterocycles. The van der Waals surface area contributed by atoms with Crippen LogP contribution in [-0.2, 0) is 19.6 Å². The van der Waals surface area contributed by atoms with Crippen LogP contribution in [-0.4, -0.2) is 57.3 Å². The lowest BCUT2D eigenvalue weighted by atomic mass is 9.98. The zero-order valence-corrected chi connectivity index (χ0v) is 17.4. The Labute approximate surface area is 166 Å². The van der Waals surface area contributed by atoms with Gasteiger partial charge in [0.05, 0.1) is 17.9 Å². The first-order valence-corrected chi connectivity index (χ1v) is 11.0. The van der Waals surface area contributed by atoms with E-state index in [9.17, 15) is 18.0 Å². The minimum Gasteiger partial charge on any atom is -0.497 e. The highest BCUT2D eigenvalue weighted by atomic mass is 32.2. The molecule has 0 unspecified atom stereocenters. The lowest BCUT2D eigenvalue weighted by Crippen LogP contribution is -2.50. The van der Waals surface area contributed by atoms with Crippen LogP contribution in [0.4, 0.5) is 0 Å². The Kier molecular flexibility index (Phi) is 7.82. The zero-order chi connectivity index (χ0) is 20.7. The van der Waals surface area contributed by atoms with Gasteiger partial charge in [-0.05, 0) is 50.5 Å². The molecule has 1 aliphatic rings. The number of rotatable bonds is 8. The van der Waals surface area contributed by atoms with Crippen molar-refractivity contribution in [2.45, 2.75) is 44.0 Å². The number of carbonyl (C=O) groups excluding carboxylic acids is 2. The molecule has 2 amide bonds. The van der Waals surface area contributed by atoms with Crippen LogP contribution in [0.1, 0.15) is 33.1 Å². The summed E-state index contributed by atoms with van der Waals surface area (Å²) in [5.74, 6) is -0.448. The van der Waals surface area contributed by atoms with Gasteiger partial charge >= 0.3 is 0 Å². The normalized spacial score (nSPS) is 18.9. The second-order valence-corrected chi connectivity index (χ2v) is 8.84. The average molecular weight is 412 g/mol. The first-order valence-electron chi connectivity index (χ1n) is 9.52. The fraction of sp³-hybridized carbons (Fsp3) is 0.579. The van der Waals surface area contributed by atoms with Crippen LogP contribution in [0.5, 0.6) is 5.75 Å². The molecule has 1 fully saturated rings. The molecule has 0 aliphatic carbocycles. The molecule has 0 radical (unpaired) electrons. The van der Waals surface area contributed by atoms with Gasteiger partial charge in [-0.3, -0.25) is 9.59 Å². The molecule has 1 heterocycles. The van der Waals surface area contributed by atoms with E-state index in [4.69, 9.17) is 4.74 Å². The second-order valence-electron chi connectivity index (χ2n) is 6.90. The van der Waals surface area contributed by atoms with E-state index in [0.29, 0.717) is 31.7 Å². The molecule has 1 saturated heterocycles. The third kappa shape index (κ3) is 5.45. The summed E-state index contributed by atoms with van der Waals surface area (Å²) in [6.45, 7) is 4.59. The number of methoxy groups -OCH3 is 1. The summed E-state index contributed by atoms with van der Waals surface area (Å²) in [6.07, 6.45) is 1.99. The van der Waals surface area contributed by atoms with E-state index in [2.05, 4.69) is 10.6 Å². The molecule has 9 heteroatoms. The van der Waals surface area contributed by atoms with Crippen LogP contribution in [0.2, 0.25) is 0 Å². The van der Waals surface area contributed by atoms with Crippen LogP contribution in [0.15, 0.2) is 29.2 Å². The number of hydrogen-bond acceptors (Lipinski definition) is 5. The predicted molar refractivity (Wildman–Crippen MR) is 105 cm³/mol. The monoisotopic (exact) mass is 411 g/mol. The van der Waals surface area contributed by atoms with Gasteiger partial charge in [-0.2, -0.15) is 4.31 Å². The van der Waals surface area contributed by atoms with Crippen molar-refractivity contribution in [2.24, 2.45) is 5.92 Å². The van der Waals surface area contributed by atoms with E-state index in [0.717, 1.165) is 6.42 Å². The molecule has 2 atom stereocenters. The highest BCUT2D eigenvalue weighted by Crippen LogP contribution is 2.25. The number of benzene rings is 1. The Morgan fingerprint density at radius 1 is 1.29 bits per heavy atom. The summed E-state index contributed by atoms with van der Waals surface area (Å²) in [4.78, 5) is 24.7. The summed E-state index contributed by atoms with van der Waals surface area (Å²) in [6, 6.07) is 5.53. The maximum atomic E-state index is 12.9. The van der Waals surface area contributed by atoms with Crippen molar-refractivity contribution in [1.82, 2.24) is 14.9 Å². The molecule has 1 aromatic carbocycles. The third-order valence-corrected chi connectivity index (χ3v) is 6.63. The quantitative estimate of drug-likeness (QED) is 0.667. The Bertz CT molecular complexity index is 779. The lowest BCUT2D eigenvalue weighted by Gasteiger charge is -2.31. The largest absolute Gasteiger partial charge is 0.497 e. The van der Waals surface area contributed by atoms with Crippen LogP contribution in [0.25, 0.3) is 0 Å². The summed E-state index contributed by atoms with van der Waals surface area (Å²) >= 11 is 0. The second kappa shape index (κ2) is 9.88. The van der Waals surface area contributed by atoms with Crippen molar-refractivity contribution in [3.8, 4) is 5.75 Å². The van der Waals surface area contributed by atoms with Gasteiger partial charge < -0.3 is 15.4 Å². The van der Waals surface area contributed by atoms with E-state index < -0.39 is 22.0 Å². The lowest BCUT2D eigenvalue weighted by molar-refractivity contribution is -0.131. The molecule has 8 nitrogen and oxygen atoms in total. The van der Waals surface area contributed by atoms with E-state index in [1.165, 1.54) is 23.5 Å². The molecule has 0 saturated carbocycles. The molecule has 28 heavy (non-hydrogen) atoms. The first kappa shape index (κ1) is 22.2. The number of ether oxygens (including phenoxy) is 1. The van der Waals surface area contributed by atoms with Gasteiger partial charge in [0.25, 0.3) is 0 Å². The maximum Gasteiger partial charge on any atom is 0.243 e. The van der Waals surface area contributed by atoms with Gasteiger partial charge in [0, 0.05) is 19.6 Å². The minimum absolute atomic E-state index is 0.101. The van der Waals surface area contributed by atoms with Gasteiger partial charge in [-0.25, -0.2) is 8.42 Å². The molecule has 0 spiro atoms. The number of amides is 2. The Balaban J connectivity index is 2.02. The summed E-state index contributed by atoms with van der Waals surface area (Å²) in [5.41, 5.74) is 0. The SMILES string of the molecule is CCCNC(=O)[C@H](C)NC(=O)[C@H]1CCCN(S(=O)(=O)c2ccc(OC)cc2)C1. The maximum absolute atomic E-state index is 12.9. The molecule has 2 rings (SSSR count). The number of hydrogen-bond donors (Lipinski definition) is 2. The molecular weight excluding hydrogens is 382 g/mol. The smallest absolute Gasteiger partial charge is 0.243 e. The topological polar surface area (TPSA) is 105 Å². The first-order chi connectivity index (χ1) is 13.3. The van der Waals surface area contributed by atoms with E-state index in [-0.39, 0.29) is 23.3 Å². The fourth-order valence-corrected chi connectivity index (χ4v) is 4.59. The summed E-state index contributed by atoms with van der Waals surface area (Å²) < 4.78 is 32.2. The predicted octanol–water partition coefficient (Wildman–Crippen LogP) is 1.13. The third-order valence-electron chi connectivity index (χ3n) is 4.75. The van der Waals surface area contributed by atoms with Gasteiger partial charge in [-0.15, -0.1) is 0 Å². The van der Waals surface area contributed by atoms with E-state index >= 15 is 0 Å². The van der Waals surface area contributed by atoms with Crippen molar-refractivity contribution in [1.29, 1.82) is 0 Å². The number of nitrogens with one attached hydrogen (secondary N) is 2. The molecule has 0 bridgehead atoms. The van der Waals surface area contributed by atoms with Gasteiger partial charge in [-0.1, -0.05) is 6.92 Å². The van der Waals surface area contributed by atoms with E-state index in [1.54, 1.807) is 19.1 Å². The van der Waals surface area contributed by atoms with Crippen LogP contribution < -0.4 is 15.4 Å². The van der Waals surface area contributed by atoms with Gasteiger partial charge in [0.2, 0.25) is 21.8 Å². The van der Waals surface area contributed by atoms with Crippen LogP contribution in [0.3, 0.4) is 0 Å². The van der Waals surface area contributed by atoms with Crippen molar-refractivity contribution in [3.05, 3.63) is 24.3 Å². The molecule has 0 aromatic heterocycles. The Morgan fingerprint density at radius 3 is 2.57 bits per heavy atom. The van der Waals surface area contributed by atoms with Crippen molar-refractivity contribution < 1.29 is 22.7 Å². The average Bonchev–Trinajstić information content (AvgIpc) is 2.71.